The predicted molar refractivity (Wildman–Crippen MR) is 112 cm³/mol. The molecule has 168 valence electrons. The first-order valence-electron chi connectivity index (χ1n) is 9.72. The Labute approximate surface area is 182 Å². The normalized spacial score (nSPS) is 11.2. The van der Waals surface area contributed by atoms with Crippen LogP contribution < -0.4 is 15.4 Å². The lowest BCUT2D eigenvalue weighted by Gasteiger charge is -2.10. The maximum absolute atomic E-state index is 13.0. The molecule has 7 nitrogen and oxygen atoms in total. The van der Waals surface area contributed by atoms with E-state index in [2.05, 4.69) is 15.7 Å². The topological polar surface area (TPSA) is 85.2 Å². The number of hydrogen-bond acceptors (Lipinski definition) is 4. The van der Waals surface area contributed by atoms with Crippen LogP contribution in [0.4, 0.5) is 18.9 Å². The van der Waals surface area contributed by atoms with E-state index in [1.54, 1.807) is 31.2 Å². The summed E-state index contributed by atoms with van der Waals surface area (Å²) in [7, 11) is 0. The molecule has 0 aliphatic heterocycles. The molecule has 3 aromatic rings. The summed E-state index contributed by atoms with van der Waals surface area (Å²) in [5.41, 5.74) is 0.387. The van der Waals surface area contributed by atoms with E-state index in [0.29, 0.717) is 23.7 Å². The van der Waals surface area contributed by atoms with E-state index in [4.69, 9.17) is 4.74 Å². The van der Waals surface area contributed by atoms with Crippen molar-refractivity contribution in [1.82, 2.24) is 15.1 Å². The van der Waals surface area contributed by atoms with Gasteiger partial charge in [-0.05, 0) is 56.3 Å². The van der Waals surface area contributed by atoms with Crippen molar-refractivity contribution in [3.63, 3.8) is 0 Å². The monoisotopic (exact) mass is 446 g/mol. The minimum Gasteiger partial charge on any atom is -0.494 e. The lowest BCUT2D eigenvalue weighted by Crippen LogP contribution is -2.33. The zero-order valence-electron chi connectivity index (χ0n) is 17.4. The summed E-state index contributed by atoms with van der Waals surface area (Å²) >= 11 is 0. The van der Waals surface area contributed by atoms with Gasteiger partial charge in [0.15, 0.2) is 0 Å². The number of nitrogens with zero attached hydrogens (tertiary/aromatic N) is 2. The number of nitrogens with one attached hydrogen (secondary N) is 2. The summed E-state index contributed by atoms with van der Waals surface area (Å²) in [6, 6.07) is 11.4. The van der Waals surface area contributed by atoms with Crippen molar-refractivity contribution in [2.45, 2.75) is 20.0 Å². The Bertz CT molecular complexity index is 1110. The molecule has 32 heavy (non-hydrogen) atoms. The zero-order valence-corrected chi connectivity index (χ0v) is 17.4. The van der Waals surface area contributed by atoms with Crippen molar-refractivity contribution < 1.29 is 27.5 Å². The van der Waals surface area contributed by atoms with E-state index in [1.165, 1.54) is 23.0 Å². The molecule has 2 N–H and O–H groups in total. The molecular formula is C22H21F3N4O3. The van der Waals surface area contributed by atoms with Crippen molar-refractivity contribution in [1.29, 1.82) is 0 Å². The molecule has 0 saturated heterocycles. The van der Waals surface area contributed by atoms with E-state index in [9.17, 15) is 22.8 Å². The minimum absolute atomic E-state index is 0.149. The summed E-state index contributed by atoms with van der Waals surface area (Å²) < 4.78 is 45.5. The van der Waals surface area contributed by atoms with Gasteiger partial charge in [0.2, 0.25) is 5.91 Å². The fourth-order valence-corrected chi connectivity index (χ4v) is 2.97. The molecule has 0 aliphatic carbocycles. The Morgan fingerprint density at radius 3 is 2.50 bits per heavy atom. The van der Waals surface area contributed by atoms with Crippen LogP contribution in [0.15, 0.2) is 54.7 Å². The summed E-state index contributed by atoms with van der Waals surface area (Å²) in [5.74, 6) is -0.333. The molecule has 2 amide bonds. The maximum atomic E-state index is 13.0. The zero-order chi connectivity index (χ0) is 23.3. The van der Waals surface area contributed by atoms with Crippen LogP contribution in [0, 0.1) is 6.92 Å². The van der Waals surface area contributed by atoms with Gasteiger partial charge in [-0.2, -0.15) is 18.3 Å². The highest BCUT2D eigenvalue weighted by atomic mass is 19.4. The van der Waals surface area contributed by atoms with Crippen LogP contribution in [-0.4, -0.2) is 34.7 Å². The third-order valence-corrected chi connectivity index (χ3v) is 4.53. The molecular weight excluding hydrogens is 425 g/mol. The number of hydrogen-bond donors (Lipinski definition) is 2. The van der Waals surface area contributed by atoms with Gasteiger partial charge in [-0.25, -0.2) is 4.68 Å². The molecule has 0 spiro atoms. The predicted octanol–water partition coefficient (Wildman–Crippen LogP) is 3.97. The molecule has 0 fully saturated rings. The molecule has 1 heterocycles. The Hall–Kier alpha value is -3.82. The molecule has 2 aromatic carbocycles. The molecule has 0 radical (unpaired) electrons. The lowest BCUT2D eigenvalue weighted by atomic mass is 10.2. The van der Waals surface area contributed by atoms with Crippen LogP contribution in [-0.2, 0) is 11.0 Å². The van der Waals surface area contributed by atoms with Gasteiger partial charge in [0.05, 0.1) is 41.9 Å². The highest BCUT2D eigenvalue weighted by Crippen LogP contribution is 2.30. The SMILES string of the molecule is CCOc1ccc(NC(=O)CNC(=O)c2cnn(-c3cccc(C(F)(F)F)c3)c2C)cc1. The first kappa shape index (κ1) is 22.9. The minimum atomic E-state index is -4.49. The van der Waals surface area contributed by atoms with Crippen molar-refractivity contribution in [2.24, 2.45) is 0 Å². The van der Waals surface area contributed by atoms with Crippen molar-refractivity contribution in [2.75, 3.05) is 18.5 Å². The van der Waals surface area contributed by atoms with Crippen LogP contribution >= 0.6 is 0 Å². The van der Waals surface area contributed by atoms with Crippen LogP contribution in [0.3, 0.4) is 0 Å². The standard InChI is InChI=1S/C22H21F3N4O3/c1-3-32-18-9-7-16(8-10-18)28-20(30)13-26-21(31)19-12-27-29(14(19)2)17-6-4-5-15(11-17)22(23,24)25/h4-12H,3,13H2,1-2H3,(H,26,31)(H,28,30). The highest BCUT2D eigenvalue weighted by molar-refractivity contribution is 5.99. The smallest absolute Gasteiger partial charge is 0.416 e. The first-order chi connectivity index (χ1) is 15.2. The highest BCUT2D eigenvalue weighted by Gasteiger charge is 2.30. The number of ether oxygens (including phenoxy) is 1. The Kier molecular flexibility index (Phi) is 6.82. The average Bonchev–Trinajstić information content (AvgIpc) is 3.14. The number of carbonyl (C=O) groups excluding carboxylic acids is 2. The summed E-state index contributed by atoms with van der Waals surface area (Å²) in [6.07, 6.45) is -3.25. The molecule has 0 unspecified atom stereocenters. The largest absolute Gasteiger partial charge is 0.494 e. The Balaban J connectivity index is 1.63. The molecule has 3 rings (SSSR count). The van der Waals surface area contributed by atoms with E-state index >= 15 is 0 Å². The van der Waals surface area contributed by atoms with Crippen molar-refractivity contribution in [3.8, 4) is 11.4 Å². The third kappa shape index (κ3) is 5.45. The van der Waals surface area contributed by atoms with Crippen molar-refractivity contribution >= 4 is 17.5 Å². The number of aromatic nitrogens is 2. The fraction of sp³-hybridized carbons (Fsp3) is 0.227. The molecule has 0 bridgehead atoms. The quantitative estimate of drug-likeness (QED) is 0.575. The number of rotatable bonds is 7. The maximum Gasteiger partial charge on any atom is 0.416 e. The second-order valence-electron chi connectivity index (χ2n) is 6.79. The molecule has 0 aliphatic rings. The van der Waals surface area contributed by atoms with Gasteiger partial charge in [-0.1, -0.05) is 6.07 Å². The second-order valence-corrected chi connectivity index (χ2v) is 6.79. The van der Waals surface area contributed by atoms with Gasteiger partial charge >= 0.3 is 6.18 Å². The van der Waals surface area contributed by atoms with Gasteiger partial charge in [-0.3, -0.25) is 9.59 Å². The summed E-state index contributed by atoms with van der Waals surface area (Å²) in [5, 5.41) is 9.15. The van der Waals surface area contributed by atoms with E-state index in [1.807, 2.05) is 6.92 Å². The fourth-order valence-electron chi connectivity index (χ4n) is 2.97. The van der Waals surface area contributed by atoms with Crippen LogP contribution in [0.2, 0.25) is 0 Å². The molecule has 0 saturated carbocycles. The number of anilines is 1. The van der Waals surface area contributed by atoms with E-state index < -0.39 is 23.6 Å². The van der Waals surface area contributed by atoms with Gasteiger partial charge in [0.1, 0.15) is 5.75 Å². The van der Waals surface area contributed by atoms with Crippen LogP contribution in [0.5, 0.6) is 5.75 Å². The average molecular weight is 446 g/mol. The van der Waals surface area contributed by atoms with Gasteiger partial charge in [0, 0.05) is 5.69 Å². The Morgan fingerprint density at radius 1 is 1.12 bits per heavy atom. The third-order valence-electron chi connectivity index (χ3n) is 4.53. The van der Waals surface area contributed by atoms with Gasteiger partial charge in [-0.15, -0.1) is 0 Å². The molecule has 10 heteroatoms. The van der Waals surface area contributed by atoms with Crippen molar-refractivity contribution in [3.05, 3.63) is 71.5 Å². The molecule has 1 aromatic heterocycles. The van der Waals surface area contributed by atoms with E-state index in [0.717, 1.165) is 12.1 Å². The first-order valence-corrected chi connectivity index (χ1v) is 9.72. The lowest BCUT2D eigenvalue weighted by molar-refractivity contribution is -0.137. The van der Waals surface area contributed by atoms with Crippen LogP contribution in [0.1, 0.15) is 28.5 Å². The van der Waals surface area contributed by atoms with E-state index in [-0.39, 0.29) is 17.8 Å². The van der Waals surface area contributed by atoms with Gasteiger partial charge < -0.3 is 15.4 Å². The number of alkyl halides is 3. The summed E-state index contributed by atoms with van der Waals surface area (Å²) in [6.45, 7) is 3.66. The molecule has 0 atom stereocenters. The number of benzene rings is 2. The summed E-state index contributed by atoms with van der Waals surface area (Å²) in [4.78, 5) is 24.6. The number of halogens is 3. The second kappa shape index (κ2) is 9.54. The van der Waals surface area contributed by atoms with Gasteiger partial charge in [0.25, 0.3) is 5.91 Å². The number of carbonyl (C=O) groups is 2. The Morgan fingerprint density at radius 2 is 1.84 bits per heavy atom. The van der Waals surface area contributed by atoms with Crippen LogP contribution in [0.25, 0.3) is 5.69 Å². The number of amides is 2.